The molecule has 0 aromatic heterocycles. The molecule has 3 aliphatic carbocycles. The van der Waals surface area contributed by atoms with Crippen molar-refractivity contribution in [3.63, 3.8) is 0 Å². The van der Waals surface area contributed by atoms with Crippen LogP contribution in [0.5, 0.6) is 0 Å². The van der Waals surface area contributed by atoms with E-state index in [1.54, 1.807) is 0 Å². The minimum Gasteiger partial charge on any atom is -0.416 e. The summed E-state index contributed by atoms with van der Waals surface area (Å²) in [5.41, 5.74) is 0. The number of hydrogen-bond donors (Lipinski definition) is 5. The predicted molar refractivity (Wildman–Crippen MR) is 113 cm³/mol. The van der Waals surface area contributed by atoms with Crippen molar-refractivity contribution in [1.29, 1.82) is 0 Å². The Morgan fingerprint density at radius 3 is 1.97 bits per heavy atom. The number of allylic oxidation sites excluding steroid dienone is 1. The standard InChI is InChI=1S/C22H40N2O7/c23-30-19-11-9-17(10-12-19)28-13-20(25)14-5-7-18(8-6-14)29-21(26)15-1-3-16(4-2-15)22(27)31-24/h11,14-18,20-22,25-27H,1-10,12-13,23-24H2. The summed E-state index contributed by atoms with van der Waals surface area (Å²) in [5.74, 6) is 11.3. The molecule has 3 rings (SSSR count). The van der Waals surface area contributed by atoms with Gasteiger partial charge in [0.15, 0.2) is 12.6 Å². The third-order valence-electron chi connectivity index (χ3n) is 7.33. The molecule has 0 saturated heterocycles. The normalized spacial score (nSPS) is 35.1. The summed E-state index contributed by atoms with van der Waals surface area (Å²) in [4.78, 5) is 9.28. The van der Waals surface area contributed by atoms with Crippen LogP contribution in [0, 0.1) is 17.8 Å². The highest BCUT2D eigenvalue weighted by molar-refractivity contribution is 4.99. The molecule has 0 amide bonds. The average Bonchev–Trinajstić information content (AvgIpc) is 2.82. The quantitative estimate of drug-likeness (QED) is 0.250. The summed E-state index contributed by atoms with van der Waals surface area (Å²) in [7, 11) is 0. The number of hydrogen-bond acceptors (Lipinski definition) is 9. The van der Waals surface area contributed by atoms with Gasteiger partial charge in [0.2, 0.25) is 0 Å². The minimum absolute atomic E-state index is 0.0215. The zero-order chi connectivity index (χ0) is 22.2. The van der Waals surface area contributed by atoms with Gasteiger partial charge in [0, 0.05) is 18.3 Å². The van der Waals surface area contributed by atoms with Gasteiger partial charge in [-0.15, -0.1) is 0 Å². The molecule has 0 spiro atoms. The second-order valence-electron chi connectivity index (χ2n) is 9.35. The van der Waals surface area contributed by atoms with E-state index in [2.05, 4.69) is 4.84 Å². The number of aliphatic hydroxyl groups excluding tert-OH is 3. The second-order valence-corrected chi connectivity index (χ2v) is 9.35. The van der Waals surface area contributed by atoms with E-state index in [0.717, 1.165) is 76.4 Å². The first kappa shape index (κ1) is 24.9. The second kappa shape index (κ2) is 12.5. The van der Waals surface area contributed by atoms with E-state index >= 15 is 0 Å². The minimum atomic E-state index is -0.934. The van der Waals surface area contributed by atoms with Crippen LogP contribution in [0.3, 0.4) is 0 Å². The Morgan fingerprint density at radius 1 is 0.806 bits per heavy atom. The zero-order valence-corrected chi connectivity index (χ0v) is 18.3. The van der Waals surface area contributed by atoms with E-state index in [9.17, 15) is 15.3 Å². The maximum Gasteiger partial charge on any atom is 0.176 e. The number of ether oxygens (including phenoxy) is 2. The van der Waals surface area contributed by atoms with Gasteiger partial charge in [-0.1, -0.05) is 0 Å². The van der Waals surface area contributed by atoms with Gasteiger partial charge in [0.25, 0.3) is 0 Å². The Kier molecular flexibility index (Phi) is 9.99. The molecule has 31 heavy (non-hydrogen) atoms. The van der Waals surface area contributed by atoms with Crippen molar-refractivity contribution in [2.45, 2.75) is 102 Å². The monoisotopic (exact) mass is 444 g/mol. The maximum atomic E-state index is 10.5. The topological polar surface area (TPSA) is 150 Å². The molecule has 2 saturated carbocycles. The average molecular weight is 445 g/mol. The Labute approximate surface area is 184 Å². The maximum absolute atomic E-state index is 10.5. The van der Waals surface area contributed by atoms with Crippen LogP contribution in [0.2, 0.25) is 0 Å². The molecule has 9 nitrogen and oxygen atoms in total. The molecule has 4 atom stereocenters. The van der Waals surface area contributed by atoms with Crippen LogP contribution in [0.15, 0.2) is 11.8 Å². The van der Waals surface area contributed by atoms with Crippen LogP contribution >= 0.6 is 0 Å². The van der Waals surface area contributed by atoms with Crippen LogP contribution < -0.4 is 11.8 Å². The first-order valence-electron chi connectivity index (χ1n) is 11.7. The molecule has 4 unspecified atom stereocenters. The highest BCUT2D eigenvalue weighted by atomic mass is 16.7. The highest BCUT2D eigenvalue weighted by Gasteiger charge is 2.34. The lowest BCUT2D eigenvalue weighted by atomic mass is 9.81. The van der Waals surface area contributed by atoms with E-state index < -0.39 is 18.7 Å². The molecule has 0 aromatic rings. The van der Waals surface area contributed by atoms with Gasteiger partial charge in [-0.2, -0.15) is 5.90 Å². The summed E-state index contributed by atoms with van der Waals surface area (Å²) in [6.07, 6.45) is 8.76. The zero-order valence-electron chi connectivity index (χ0n) is 18.3. The van der Waals surface area contributed by atoms with Crippen molar-refractivity contribution in [2.24, 2.45) is 29.5 Å². The number of aliphatic hydroxyl groups is 3. The molecule has 0 aromatic carbocycles. The summed E-state index contributed by atoms with van der Waals surface area (Å²) in [5, 5.41) is 30.8. The van der Waals surface area contributed by atoms with Gasteiger partial charge >= 0.3 is 0 Å². The van der Waals surface area contributed by atoms with Crippen LogP contribution in [0.25, 0.3) is 0 Å². The number of nitrogens with two attached hydrogens (primary N) is 2. The molecule has 9 heteroatoms. The van der Waals surface area contributed by atoms with Gasteiger partial charge in [-0.05, 0) is 76.2 Å². The Morgan fingerprint density at radius 2 is 1.42 bits per heavy atom. The Balaban J connectivity index is 1.31. The van der Waals surface area contributed by atoms with Crippen LogP contribution in [0.1, 0.15) is 70.6 Å². The lowest BCUT2D eigenvalue weighted by Gasteiger charge is -2.36. The molecule has 2 fully saturated rings. The fraction of sp³-hybridized carbons (Fsp3) is 0.909. The molecule has 0 aliphatic heterocycles. The smallest absolute Gasteiger partial charge is 0.176 e. The van der Waals surface area contributed by atoms with Gasteiger partial charge in [0.05, 0.1) is 24.9 Å². The lowest BCUT2D eigenvalue weighted by Crippen LogP contribution is -2.37. The van der Waals surface area contributed by atoms with Crippen molar-refractivity contribution in [2.75, 3.05) is 6.61 Å². The van der Waals surface area contributed by atoms with Gasteiger partial charge in [0.1, 0.15) is 5.76 Å². The molecular weight excluding hydrogens is 404 g/mol. The number of rotatable bonds is 10. The van der Waals surface area contributed by atoms with Gasteiger partial charge in [-0.25, -0.2) is 5.90 Å². The predicted octanol–water partition coefficient (Wildman–Crippen LogP) is 1.60. The molecule has 0 radical (unpaired) electrons. The summed E-state index contributed by atoms with van der Waals surface area (Å²) in [6.45, 7) is 0.345. The van der Waals surface area contributed by atoms with E-state index in [4.69, 9.17) is 26.1 Å². The van der Waals surface area contributed by atoms with E-state index in [-0.39, 0.29) is 30.0 Å². The molecule has 7 N–H and O–H groups in total. The van der Waals surface area contributed by atoms with Crippen molar-refractivity contribution in [3.05, 3.63) is 11.8 Å². The van der Waals surface area contributed by atoms with Gasteiger partial charge < -0.3 is 29.6 Å². The first-order valence-corrected chi connectivity index (χ1v) is 11.7. The Bertz CT molecular complexity index is 548. The third kappa shape index (κ3) is 7.36. The summed E-state index contributed by atoms with van der Waals surface area (Å²) < 4.78 is 11.9. The fourth-order valence-corrected chi connectivity index (χ4v) is 5.16. The largest absolute Gasteiger partial charge is 0.416 e. The van der Waals surface area contributed by atoms with Crippen molar-refractivity contribution in [1.82, 2.24) is 0 Å². The van der Waals surface area contributed by atoms with Gasteiger partial charge in [-0.3, -0.25) is 4.84 Å². The Hall–Kier alpha value is -0.780. The first-order chi connectivity index (χ1) is 15.0. The van der Waals surface area contributed by atoms with E-state index in [1.165, 1.54) is 0 Å². The molecule has 180 valence electrons. The molecule has 3 aliphatic rings. The molecule has 0 heterocycles. The highest BCUT2D eigenvalue weighted by Crippen LogP contribution is 2.35. The molecule has 0 bridgehead atoms. The summed E-state index contributed by atoms with van der Waals surface area (Å²) >= 11 is 0. The van der Waals surface area contributed by atoms with Crippen molar-refractivity contribution in [3.8, 4) is 0 Å². The van der Waals surface area contributed by atoms with Crippen LogP contribution in [-0.4, -0.2) is 52.8 Å². The summed E-state index contributed by atoms with van der Waals surface area (Å²) in [6, 6.07) is 0. The van der Waals surface area contributed by atoms with E-state index in [0.29, 0.717) is 6.61 Å². The molecular formula is C22H40N2O7. The van der Waals surface area contributed by atoms with E-state index in [1.807, 2.05) is 6.08 Å². The van der Waals surface area contributed by atoms with Crippen molar-refractivity contribution >= 4 is 0 Å². The lowest BCUT2D eigenvalue weighted by molar-refractivity contribution is -0.192. The van der Waals surface area contributed by atoms with Crippen LogP contribution in [0.4, 0.5) is 0 Å². The fourth-order valence-electron chi connectivity index (χ4n) is 5.16. The van der Waals surface area contributed by atoms with Crippen molar-refractivity contribution < 1.29 is 34.5 Å². The third-order valence-corrected chi connectivity index (χ3v) is 7.33. The SMILES string of the molecule is NOC1=CCC(OCC(O)C2CCC(OC(O)C3CCC(C(O)ON)CC3)CC2)CC1. The van der Waals surface area contributed by atoms with Crippen LogP contribution in [-0.2, 0) is 19.1 Å².